The van der Waals surface area contributed by atoms with Crippen molar-refractivity contribution in [1.29, 1.82) is 0 Å². The van der Waals surface area contributed by atoms with Gasteiger partial charge in [-0.1, -0.05) is 151 Å². The van der Waals surface area contributed by atoms with Gasteiger partial charge >= 0.3 is 5.97 Å². The summed E-state index contributed by atoms with van der Waals surface area (Å²) in [7, 11) is 0. The van der Waals surface area contributed by atoms with Crippen LogP contribution in [-0.4, -0.2) is 17.7 Å². The van der Waals surface area contributed by atoms with Crippen molar-refractivity contribution in [2.24, 2.45) is 0 Å². The van der Waals surface area contributed by atoms with Crippen LogP contribution in [0.4, 0.5) is 0 Å². The molecule has 39 heavy (non-hydrogen) atoms. The van der Waals surface area contributed by atoms with Crippen LogP contribution in [-0.2, 0) is 26.8 Å². The summed E-state index contributed by atoms with van der Waals surface area (Å²) in [6.45, 7) is 17.7. The zero-order valence-corrected chi connectivity index (χ0v) is 27.3. The van der Waals surface area contributed by atoms with Crippen LogP contribution in [0.5, 0.6) is 5.75 Å². The summed E-state index contributed by atoms with van der Waals surface area (Å²) < 4.78 is 5.55. The first kappa shape index (κ1) is 35.5. The van der Waals surface area contributed by atoms with Gasteiger partial charge in [-0.2, -0.15) is 0 Å². The SMILES string of the molecule is CCCCCCCCCCCCCCCCCCOC(=O)CCc1cc(C(C)(C)C)c(O)c(C(C)(C)C)c1C. The number of benzene rings is 1. The number of hydrogen-bond donors (Lipinski definition) is 1. The van der Waals surface area contributed by atoms with Crippen molar-refractivity contribution in [2.75, 3.05) is 6.61 Å². The lowest BCUT2D eigenvalue weighted by atomic mass is 9.75. The minimum Gasteiger partial charge on any atom is -0.507 e. The van der Waals surface area contributed by atoms with E-state index in [9.17, 15) is 9.90 Å². The Morgan fingerprint density at radius 1 is 0.718 bits per heavy atom. The van der Waals surface area contributed by atoms with E-state index in [1.807, 2.05) is 0 Å². The Bertz CT molecular complexity index is 810. The Morgan fingerprint density at radius 3 is 1.56 bits per heavy atom. The number of aryl methyl sites for hydroxylation is 1. The number of carbonyl (C=O) groups is 1. The Labute approximate surface area is 242 Å². The molecule has 0 heterocycles. The smallest absolute Gasteiger partial charge is 0.306 e. The highest BCUT2D eigenvalue weighted by Gasteiger charge is 2.29. The van der Waals surface area contributed by atoms with Crippen LogP contribution in [0, 0.1) is 6.92 Å². The molecular formula is C36H64O3. The zero-order chi connectivity index (χ0) is 29.3. The van der Waals surface area contributed by atoms with E-state index in [4.69, 9.17) is 4.74 Å². The van der Waals surface area contributed by atoms with Crippen LogP contribution >= 0.6 is 0 Å². The monoisotopic (exact) mass is 544 g/mol. The van der Waals surface area contributed by atoms with Crippen LogP contribution in [0.25, 0.3) is 0 Å². The van der Waals surface area contributed by atoms with Gasteiger partial charge in [0.25, 0.3) is 0 Å². The predicted molar refractivity (Wildman–Crippen MR) is 169 cm³/mol. The largest absolute Gasteiger partial charge is 0.507 e. The highest BCUT2D eigenvalue weighted by molar-refractivity contribution is 5.70. The fourth-order valence-corrected chi connectivity index (χ4v) is 5.72. The maximum absolute atomic E-state index is 12.4. The molecule has 0 bridgehead atoms. The molecule has 1 aromatic carbocycles. The summed E-state index contributed by atoms with van der Waals surface area (Å²) in [4.78, 5) is 12.4. The summed E-state index contributed by atoms with van der Waals surface area (Å²) in [6.07, 6.45) is 22.5. The van der Waals surface area contributed by atoms with Crippen molar-refractivity contribution in [3.63, 3.8) is 0 Å². The molecule has 0 aliphatic heterocycles. The van der Waals surface area contributed by atoms with Crippen molar-refractivity contribution >= 4 is 5.97 Å². The zero-order valence-electron chi connectivity index (χ0n) is 27.3. The molecule has 0 aromatic heterocycles. The van der Waals surface area contributed by atoms with Gasteiger partial charge in [-0.15, -0.1) is 0 Å². The summed E-state index contributed by atoms with van der Waals surface area (Å²) >= 11 is 0. The van der Waals surface area contributed by atoms with Crippen molar-refractivity contribution < 1.29 is 14.6 Å². The number of hydrogen-bond acceptors (Lipinski definition) is 3. The van der Waals surface area contributed by atoms with Gasteiger partial charge in [0.2, 0.25) is 0 Å². The molecule has 1 N–H and O–H groups in total. The lowest BCUT2D eigenvalue weighted by Crippen LogP contribution is -2.20. The van der Waals surface area contributed by atoms with E-state index in [2.05, 4.69) is 61.5 Å². The van der Waals surface area contributed by atoms with Crippen molar-refractivity contribution in [3.05, 3.63) is 28.3 Å². The molecule has 0 aliphatic rings. The van der Waals surface area contributed by atoms with Crippen LogP contribution in [0.3, 0.4) is 0 Å². The van der Waals surface area contributed by atoms with Crippen LogP contribution in [0.15, 0.2) is 6.07 Å². The first-order valence-corrected chi connectivity index (χ1v) is 16.4. The number of phenolic OH excluding ortho intramolecular Hbond substituents is 1. The van der Waals surface area contributed by atoms with E-state index in [0.717, 1.165) is 35.1 Å². The molecule has 226 valence electrons. The fraction of sp³-hybridized carbons (Fsp3) is 0.806. The third kappa shape index (κ3) is 14.6. The number of rotatable bonds is 20. The van der Waals surface area contributed by atoms with E-state index in [1.54, 1.807) is 0 Å². The highest BCUT2D eigenvalue weighted by atomic mass is 16.5. The molecule has 0 fully saturated rings. The van der Waals surface area contributed by atoms with Crippen LogP contribution in [0.2, 0.25) is 0 Å². The molecule has 0 atom stereocenters. The number of ether oxygens (including phenoxy) is 1. The molecule has 0 saturated heterocycles. The fourth-order valence-electron chi connectivity index (χ4n) is 5.72. The summed E-state index contributed by atoms with van der Waals surface area (Å²) in [5, 5.41) is 11.1. The van der Waals surface area contributed by atoms with Gasteiger partial charge in [0, 0.05) is 12.0 Å². The van der Waals surface area contributed by atoms with Gasteiger partial charge in [0.1, 0.15) is 5.75 Å². The number of phenols is 1. The average Bonchev–Trinajstić information content (AvgIpc) is 2.83. The maximum atomic E-state index is 12.4. The second-order valence-electron chi connectivity index (χ2n) is 14.0. The average molecular weight is 545 g/mol. The first-order chi connectivity index (χ1) is 18.4. The van der Waals surface area contributed by atoms with Crippen molar-refractivity contribution in [2.45, 2.75) is 182 Å². The van der Waals surface area contributed by atoms with Gasteiger partial charge in [0.15, 0.2) is 0 Å². The molecule has 1 aromatic rings. The third-order valence-corrected chi connectivity index (χ3v) is 8.08. The molecule has 0 radical (unpaired) electrons. The summed E-state index contributed by atoms with van der Waals surface area (Å²) in [5.74, 6) is 0.292. The van der Waals surface area contributed by atoms with Gasteiger partial charge in [-0.25, -0.2) is 0 Å². The molecular weight excluding hydrogens is 480 g/mol. The molecule has 0 spiro atoms. The Balaban J connectivity index is 2.20. The molecule has 3 nitrogen and oxygen atoms in total. The Hall–Kier alpha value is -1.51. The topological polar surface area (TPSA) is 46.5 Å². The first-order valence-electron chi connectivity index (χ1n) is 16.4. The number of carbonyl (C=O) groups excluding carboxylic acids is 1. The molecule has 1 rings (SSSR count). The number of unbranched alkanes of at least 4 members (excludes halogenated alkanes) is 15. The molecule has 3 heteroatoms. The normalized spacial score (nSPS) is 12.2. The lowest BCUT2D eigenvalue weighted by molar-refractivity contribution is -0.143. The predicted octanol–water partition coefficient (Wildman–Crippen LogP) is 11.0. The highest BCUT2D eigenvalue weighted by Crippen LogP contribution is 2.42. The van der Waals surface area contributed by atoms with Crippen LogP contribution in [0.1, 0.15) is 180 Å². The van der Waals surface area contributed by atoms with Gasteiger partial charge in [-0.3, -0.25) is 4.79 Å². The molecule has 0 amide bonds. The van der Waals surface area contributed by atoms with Crippen molar-refractivity contribution in [1.82, 2.24) is 0 Å². The van der Waals surface area contributed by atoms with Crippen LogP contribution < -0.4 is 0 Å². The molecule has 0 unspecified atom stereocenters. The minimum absolute atomic E-state index is 0.113. The second-order valence-corrected chi connectivity index (χ2v) is 14.0. The number of aromatic hydroxyl groups is 1. The Morgan fingerprint density at radius 2 is 1.15 bits per heavy atom. The van der Waals surface area contributed by atoms with Crippen molar-refractivity contribution in [3.8, 4) is 5.75 Å². The standard InChI is InChI=1S/C36H64O3/c1-9-10-11-12-13-14-15-16-17-18-19-20-21-22-23-24-27-39-32(37)26-25-30-28-31(35(3,4)5)34(38)33(29(30)2)36(6,7)8/h28,38H,9-27H2,1-8H3. The lowest BCUT2D eigenvalue weighted by Gasteiger charge is -2.30. The van der Waals surface area contributed by atoms with E-state index in [0.29, 0.717) is 25.2 Å². The van der Waals surface area contributed by atoms with E-state index in [1.165, 1.54) is 89.9 Å². The van der Waals surface area contributed by atoms with Gasteiger partial charge < -0.3 is 9.84 Å². The summed E-state index contributed by atoms with van der Waals surface area (Å²) in [6, 6.07) is 2.10. The minimum atomic E-state index is -0.169. The maximum Gasteiger partial charge on any atom is 0.306 e. The van der Waals surface area contributed by atoms with E-state index >= 15 is 0 Å². The Kier molecular flexibility index (Phi) is 17.1. The molecule has 0 saturated carbocycles. The molecule has 0 aliphatic carbocycles. The van der Waals surface area contributed by atoms with Gasteiger partial charge in [0.05, 0.1) is 6.61 Å². The number of esters is 1. The summed E-state index contributed by atoms with van der Waals surface area (Å²) in [5.41, 5.74) is 3.85. The quantitative estimate of drug-likeness (QED) is 0.131. The third-order valence-electron chi connectivity index (χ3n) is 8.08. The van der Waals surface area contributed by atoms with Gasteiger partial charge in [-0.05, 0) is 47.3 Å². The van der Waals surface area contributed by atoms with E-state index < -0.39 is 0 Å². The second kappa shape index (κ2) is 18.8. The van der Waals surface area contributed by atoms with E-state index in [-0.39, 0.29) is 16.8 Å².